The number of fused-ring (bicyclic) bond motifs is 1. The van der Waals surface area contributed by atoms with Gasteiger partial charge in [-0.1, -0.05) is 35.0 Å². The van der Waals surface area contributed by atoms with Crippen LogP contribution in [0.2, 0.25) is 0 Å². The molecule has 0 bridgehead atoms. The number of hydrogen-bond donors (Lipinski definition) is 1. The number of nitrogens with one attached hydrogen (secondary N) is 1. The van der Waals surface area contributed by atoms with Crippen molar-refractivity contribution < 1.29 is 4.79 Å². The Morgan fingerprint density at radius 1 is 1.19 bits per heavy atom. The lowest BCUT2D eigenvalue weighted by atomic mass is 10.1. The predicted molar refractivity (Wildman–Crippen MR) is 80.9 cm³/mol. The summed E-state index contributed by atoms with van der Waals surface area (Å²) < 4.78 is 1.68. The maximum absolute atomic E-state index is 12.2. The Morgan fingerprint density at radius 2 is 1.95 bits per heavy atom. The molecule has 1 amide bonds. The summed E-state index contributed by atoms with van der Waals surface area (Å²) in [6, 6.07) is 13.5. The second kappa shape index (κ2) is 5.36. The normalized spacial score (nSPS) is 10.8. The monoisotopic (exact) mass is 280 g/mol. The summed E-state index contributed by atoms with van der Waals surface area (Å²) >= 11 is 0. The zero-order chi connectivity index (χ0) is 14.8. The van der Waals surface area contributed by atoms with Crippen LogP contribution in [-0.2, 0) is 13.6 Å². The van der Waals surface area contributed by atoms with Crippen LogP contribution in [-0.4, -0.2) is 20.9 Å². The number of hydrogen-bond acceptors (Lipinski definition) is 3. The zero-order valence-electron chi connectivity index (χ0n) is 12.0. The molecule has 3 rings (SSSR count). The second-order valence-electron chi connectivity index (χ2n) is 5.08. The molecule has 0 saturated heterocycles. The van der Waals surface area contributed by atoms with Crippen molar-refractivity contribution in [2.45, 2.75) is 13.5 Å². The van der Waals surface area contributed by atoms with Gasteiger partial charge in [-0.3, -0.25) is 4.79 Å². The highest BCUT2D eigenvalue weighted by atomic mass is 16.1. The largest absolute Gasteiger partial charge is 0.348 e. The van der Waals surface area contributed by atoms with Crippen molar-refractivity contribution in [3.8, 4) is 0 Å². The van der Waals surface area contributed by atoms with Crippen LogP contribution >= 0.6 is 0 Å². The summed E-state index contributed by atoms with van der Waals surface area (Å²) in [5.74, 6) is -0.108. The first kappa shape index (κ1) is 13.3. The van der Waals surface area contributed by atoms with Gasteiger partial charge in [0.1, 0.15) is 5.52 Å². The van der Waals surface area contributed by atoms with E-state index in [1.54, 1.807) is 16.8 Å². The smallest absolute Gasteiger partial charge is 0.251 e. The molecule has 1 heterocycles. The van der Waals surface area contributed by atoms with Crippen LogP contribution in [0.25, 0.3) is 11.0 Å². The fourth-order valence-electron chi connectivity index (χ4n) is 2.17. The lowest BCUT2D eigenvalue weighted by molar-refractivity contribution is 0.0951. The summed E-state index contributed by atoms with van der Waals surface area (Å²) in [4.78, 5) is 12.2. The topological polar surface area (TPSA) is 59.8 Å². The van der Waals surface area contributed by atoms with Gasteiger partial charge < -0.3 is 5.32 Å². The number of aryl methyl sites for hydroxylation is 2. The first-order chi connectivity index (χ1) is 10.1. The van der Waals surface area contributed by atoms with Gasteiger partial charge in [-0.05, 0) is 30.7 Å². The van der Waals surface area contributed by atoms with Crippen LogP contribution in [0.1, 0.15) is 21.5 Å². The third kappa shape index (κ3) is 2.76. The van der Waals surface area contributed by atoms with Gasteiger partial charge >= 0.3 is 0 Å². The van der Waals surface area contributed by atoms with Gasteiger partial charge in [-0.2, -0.15) is 0 Å². The van der Waals surface area contributed by atoms with Gasteiger partial charge in [0.05, 0.1) is 5.52 Å². The van der Waals surface area contributed by atoms with Gasteiger partial charge in [-0.15, -0.1) is 5.10 Å². The Bertz CT molecular complexity index is 790. The highest BCUT2D eigenvalue weighted by molar-refractivity contribution is 5.97. The average molecular weight is 280 g/mol. The van der Waals surface area contributed by atoms with Crippen molar-refractivity contribution >= 4 is 16.9 Å². The molecule has 2 aromatic carbocycles. The molecule has 106 valence electrons. The van der Waals surface area contributed by atoms with E-state index >= 15 is 0 Å². The van der Waals surface area contributed by atoms with Crippen molar-refractivity contribution in [1.29, 1.82) is 0 Å². The summed E-state index contributed by atoms with van der Waals surface area (Å²) in [5.41, 5.74) is 4.51. The van der Waals surface area contributed by atoms with Crippen molar-refractivity contribution in [2.75, 3.05) is 0 Å². The Balaban J connectivity index is 1.73. The van der Waals surface area contributed by atoms with E-state index in [0.29, 0.717) is 12.1 Å². The Hall–Kier alpha value is -2.69. The molecule has 0 aliphatic rings. The first-order valence-electron chi connectivity index (χ1n) is 6.77. The van der Waals surface area contributed by atoms with E-state index in [-0.39, 0.29) is 5.91 Å². The molecule has 0 spiro atoms. The molecule has 0 unspecified atom stereocenters. The standard InChI is InChI=1S/C16H16N4O/c1-11-3-5-12(6-4-11)10-17-16(21)13-7-8-15-14(9-13)18-19-20(15)2/h3-9H,10H2,1-2H3,(H,17,21). The van der Waals surface area contributed by atoms with E-state index < -0.39 is 0 Å². The fourth-order valence-corrected chi connectivity index (χ4v) is 2.17. The third-order valence-electron chi connectivity index (χ3n) is 3.45. The Morgan fingerprint density at radius 3 is 2.71 bits per heavy atom. The Kier molecular flexibility index (Phi) is 3.39. The van der Waals surface area contributed by atoms with E-state index in [4.69, 9.17) is 0 Å². The van der Waals surface area contributed by atoms with Gasteiger partial charge in [0.2, 0.25) is 0 Å². The zero-order valence-corrected chi connectivity index (χ0v) is 12.0. The lowest BCUT2D eigenvalue weighted by Gasteiger charge is -2.06. The maximum atomic E-state index is 12.2. The molecule has 5 heteroatoms. The van der Waals surface area contributed by atoms with E-state index in [1.165, 1.54) is 5.56 Å². The molecule has 0 aliphatic heterocycles. The second-order valence-corrected chi connectivity index (χ2v) is 5.08. The minimum atomic E-state index is -0.108. The SMILES string of the molecule is Cc1ccc(CNC(=O)c2ccc3c(c2)nnn3C)cc1. The average Bonchev–Trinajstić information content (AvgIpc) is 2.87. The molecule has 0 aliphatic carbocycles. The summed E-state index contributed by atoms with van der Waals surface area (Å²) in [6.45, 7) is 2.55. The lowest BCUT2D eigenvalue weighted by Crippen LogP contribution is -2.22. The van der Waals surface area contributed by atoms with Crippen LogP contribution in [0.5, 0.6) is 0 Å². The minimum Gasteiger partial charge on any atom is -0.348 e. The quantitative estimate of drug-likeness (QED) is 0.800. The molecule has 3 aromatic rings. The number of carbonyl (C=O) groups excluding carboxylic acids is 1. The summed E-state index contributed by atoms with van der Waals surface area (Å²) in [7, 11) is 1.83. The van der Waals surface area contributed by atoms with Crippen molar-refractivity contribution in [3.05, 3.63) is 59.2 Å². The Labute approximate surface area is 122 Å². The molecule has 1 aromatic heterocycles. The van der Waals surface area contributed by atoms with Gasteiger partial charge in [0.15, 0.2) is 0 Å². The number of amides is 1. The summed E-state index contributed by atoms with van der Waals surface area (Å²) in [5, 5.41) is 10.9. The van der Waals surface area contributed by atoms with Crippen LogP contribution in [0, 0.1) is 6.92 Å². The molecule has 0 radical (unpaired) electrons. The van der Waals surface area contributed by atoms with Crippen LogP contribution in [0.15, 0.2) is 42.5 Å². The van der Waals surface area contributed by atoms with Crippen molar-refractivity contribution in [3.63, 3.8) is 0 Å². The van der Waals surface area contributed by atoms with Crippen LogP contribution in [0.3, 0.4) is 0 Å². The van der Waals surface area contributed by atoms with Crippen LogP contribution in [0.4, 0.5) is 0 Å². The van der Waals surface area contributed by atoms with E-state index in [1.807, 2.05) is 44.3 Å². The number of carbonyl (C=O) groups is 1. The number of benzene rings is 2. The van der Waals surface area contributed by atoms with E-state index in [9.17, 15) is 4.79 Å². The van der Waals surface area contributed by atoms with Gasteiger partial charge in [0.25, 0.3) is 5.91 Å². The number of aromatic nitrogens is 3. The van der Waals surface area contributed by atoms with E-state index in [0.717, 1.165) is 16.6 Å². The number of rotatable bonds is 3. The molecule has 5 nitrogen and oxygen atoms in total. The molecular formula is C16H16N4O. The van der Waals surface area contributed by atoms with Gasteiger partial charge in [0, 0.05) is 19.2 Å². The molecule has 21 heavy (non-hydrogen) atoms. The predicted octanol–water partition coefficient (Wildman–Crippen LogP) is 2.21. The molecular weight excluding hydrogens is 264 g/mol. The highest BCUT2D eigenvalue weighted by Crippen LogP contribution is 2.12. The molecule has 0 atom stereocenters. The van der Waals surface area contributed by atoms with Gasteiger partial charge in [-0.25, -0.2) is 4.68 Å². The number of nitrogens with zero attached hydrogens (tertiary/aromatic N) is 3. The minimum absolute atomic E-state index is 0.108. The first-order valence-corrected chi connectivity index (χ1v) is 6.77. The van der Waals surface area contributed by atoms with Crippen molar-refractivity contribution in [2.24, 2.45) is 7.05 Å². The fraction of sp³-hybridized carbons (Fsp3) is 0.188. The highest BCUT2D eigenvalue weighted by Gasteiger charge is 2.08. The summed E-state index contributed by atoms with van der Waals surface area (Å²) in [6.07, 6.45) is 0. The van der Waals surface area contributed by atoms with Crippen molar-refractivity contribution in [1.82, 2.24) is 20.3 Å². The molecule has 1 N–H and O–H groups in total. The molecule has 0 fully saturated rings. The van der Waals surface area contributed by atoms with Crippen LogP contribution < -0.4 is 5.32 Å². The molecule has 0 saturated carbocycles. The van der Waals surface area contributed by atoms with E-state index in [2.05, 4.69) is 15.6 Å². The third-order valence-corrected chi connectivity index (χ3v) is 3.45. The maximum Gasteiger partial charge on any atom is 0.251 e.